The number of hydrogen-bond donors (Lipinski definition) is 1. The summed E-state index contributed by atoms with van der Waals surface area (Å²) >= 11 is 0. The van der Waals surface area contributed by atoms with Crippen molar-refractivity contribution in [1.29, 1.82) is 0 Å². The fraction of sp³-hybridized carbons (Fsp3) is 0.143. The highest BCUT2D eigenvalue weighted by atomic mass is 19.1. The van der Waals surface area contributed by atoms with Crippen LogP contribution in [-0.2, 0) is 6.42 Å². The Labute approximate surface area is 109 Å². The van der Waals surface area contributed by atoms with Gasteiger partial charge >= 0.3 is 0 Å². The zero-order valence-corrected chi connectivity index (χ0v) is 10.1. The van der Waals surface area contributed by atoms with Gasteiger partial charge in [0.25, 0.3) is 5.91 Å². The Kier molecular flexibility index (Phi) is 4.18. The second-order valence-corrected chi connectivity index (χ2v) is 3.98. The first-order chi connectivity index (χ1) is 9.16. The molecule has 1 aromatic heterocycles. The topological polar surface area (TPSA) is 42.0 Å². The first kappa shape index (κ1) is 13.1. The molecule has 5 heteroatoms. The molecule has 1 heterocycles. The first-order valence-corrected chi connectivity index (χ1v) is 5.79. The van der Waals surface area contributed by atoms with Gasteiger partial charge in [0.05, 0.1) is 5.56 Å². The molecule has 0 atom stereocenters. The minimum atomic E-state index is -0.491. The van der Waals surface area contributed by atoms with Crippen molar-refractivity contribution in [1.82, 2.24) is 10.3 Å². The Hall–Kier alpha value is -2.30. The Morgan fingerprint density at radius 3 is 2.84 bits per heavy atom. The van der Waals surface area contributed by atoms with Gasteiger partial charge in [-0.2, -0.15) is 0 Å². The summed E-state index contributed by atoms with van der Waals surface area (Å²) in [6.07, 6.45) is 3.24. The average Bonchev–Trinajstić information content (AvgIpc) is 2.43. The van der Waals surface area contributed by atoms with Crippen LogP contribution in [0.5, 0.6) is 0 Å². The van der Waals surface area contributed by atoms with E-state index in [1.54, 1.807) is 18.3 Å². The second-order valence-electron chi connectivity index (χ2n) is 3.98. The van der Waals surface area contributed by atoms with Crippen LogP contribution in [0.4, 0.5) is 8.78 Å². The lowest BCUT2D eigenvalue weighted by Crippen LogP contribution is -2.26. The number of carbonyl (C=O) groups excluding carboxylic acids is 1. The highest BCUT2D eigenvalue weighted by Gasteiger charge is 2.06. The molecule has 1 aromatic carbocycles. The molecule has 98 valence electrons. The van der Waals surface area contributed by atoms with Crippen LogP contribution in [0.3, 0.4) is 0 Å². The molecule has 0 aliphatic carbocycles. The fourth-order valence-electron chi connectivity index (χ4n) is 1.64. The number of pyridine rings is 1. The van der Waals surface area contributed by atoms with Crippen molar-refractivity contribution in [2.45, 2.75) is 6.42 Å². The van der Waals surface area contributed by atoms with E-state index in [0.29, 0.717) is 5.56 Å². The molecule has 0 spiro atoms. The van der Waals surface area contributed by atoms with Crippen LogP contribution in [0.15, 0.2) is 42.7 Å². The zero-order valence-electron chi connectivity index (χ0n) is 10.1. The molecule has 3 nitrogen and oxygen atoms in total. The molecule has 0 bridgehead atoms. The molecule has 0 fully saturated rings. The third kappa shape index (κ3) is 3.58. The number of nitrogens with zero attached hydrogens (tertiary/aromatic N) is 1. The fourth-order valence-corrected chi connectivity index (χ4v) is 1.64. The standard InChI is InChI=1S/C14H12F2N2O/c15-12-3-4-13(16)10(8-12)5-7-18-14(19)11-2-1-6-17-9-11/h1-4,6,8-9H,5,7H2,(H,18,19). The minimum absolute atomic E-state index is 0.230. The van der Waals surface area contributed by atoms with Crippen molar-refractivity contribution in [2.75, 3.05) is 6.54 Å². The molecule has 2 aromatic rings. The number of carbonyl (C=O) groups is 1. The average molecular weight is 262 g/mol. The van der Waals surface area contributed by atoms with Gasteiger partial charge in [0.1, 0.15) is 11.6 Å². The van der Waals surface area contributed by atoms with E-state index >= 15 is 0 Å². The predicted octanol–water partition coefficient (Wildman–Crippen LogP) is 2.33. The highest BCUT2D eigenvalue weighted by molar-refractivity contribution is 5.93. The van der Waals surface area contributed by atoms with Crippen molar-refractivity contribution >= 4 is 5.91 Å². The van der Waals surface area contributed by atoms with E-state index in [1.165, 1.54) is 6.20 Å². The van der Waals surface area contributed by atoms with Gasteiger partial charge in [-0.1, -0.05) is 0 Å². The number of amides is 1. The Morgan fingerprint density at radius 1 is 1.26 bits per heavy atom. The van der Waals surface area contributed by atoms with Crippen LogP contribution in [0, 0.1) is 11.6 Å². The lowest BCUT2D eigenvalue weighted by Gasteiger charge is -2.06. The van der Waals surface area contributed by atoms with E-state index in [-0.39, 0.29) is 24.4 Å². The van der Waals surface area contributed by atoms with Gasteiger partial charge in [-0.3, -0.25) is 9.78 Å². The van der Waals surface area contributed by atoms with Gasteiger partial charge < -0.3 is 5.32 Å². The van der Waals surface area contributed by atoms with E-state index in [0.717, 1.165) is 18.2 Å². The van der Waals surface area contributed by atoms with Gasteiger partial charge in [0.15, 0.2) is 0 Å². The summed E-state index contributed by atoms with van der Waals surface area (Å²) in [6, 6.07) is 6.55. The molecule has 19 heavy (non-hydrogen) atoms. The largest absolute Gasteiger partial charge is 0.352 e. The molecule has 0 saturated carbocycles. The quantitative estimate of drug-likeness (QED) is 0.918. The van der Waals surface area contributed by atoms with E-state index < -0.39 is 11.6 Å². The van der Waals surface area contributed by atoms with Crippen LogP contribution in [0.2, 0.25) is 0 Å². The molecule has 0 aliphatic heterocycles. The number of halogens is 2. The normalized spacial score (nSPS) is 10.2. The molecule has 0 saturated heterocycles. The van der Waals surface area contributed by atoms with Crippen LogP contribution >= 0.6 is 0 Å². The summed E-state index contributed by atoms with van der Waals surface area (Å²) in [7, 11) is 0. The minimum Gasteiger partial charge on any atom is -0.352 e. The second kappa shape index (κ2) is 6.04. The smallest absolute Gasteiger partial charge is 0.252 e. The summed E-state index contributed by atoms with van der Waals surface area (Å²) in [5.74, 6) is -1.25. The Morgan fingerprint density at radius 2 is 2.11 bits per heavy atom. The first-order valence-electron chi connectivity index (χ1n) is 5.79. The van der Waals surface area contributed by atoms with Crippen molar-refractivity contribution in [3.05, 3.63) is 65.5 Å². The Balaban J connectivity index is 1.90. The molecule has 1 amide bonds. The highest BCUT2D eigenvalue weighted by Crippen LogP contribution is 2.09. The summed E-state index contributed by atoms with van der Waals surface area (Å²) in [5, 5.41) is 2.63. The Bertz CT molecular complexity index is 573. The van der Waals surface area contributed by atoms with Gasteiger partial charge in [-0.05, 0) is 42.3 Å². The van der Waals surface area contributed by atoms with Crippen LogP contribution in [0.1, 0.15) is 15.9 Å². The van der Waals surface area contributed by atoms with Crippen molar-refractivity contribution in [2.24, 2.45) is 0 Å². The van der Waals surface area contributed by atoms with Crippen molar-refractivity contribution < 1.29 is 13.6 Å². The summed E-state index contributed by atoms with van der Waals surface area (Å²) in [4.78, 5) is 15.5. The van der Waals surface area contributed by atoms with E-state index in [1.807, 2.05) is 0 Å². The number of hydrogen-bond acceptors (Lipinski definition) is 2. The molecular formula is C14H12F2N2O. The van der Waals surface area contributed by atoms with Gasteiger partial charge in [-0.15, -0.1) is 0 Å². The lowest BCUT2D eigenvalue weighted by molar-refractivity contribution is 0.0953. The van der Waals surface area contributed by atoms with Crippen LogP contribution in [0.25, 0.3) is 0 Å². The molecular weight excluding hydrogens is 250 g/mol. The number of nitrogens with one attached hydrogen (secondary N) is 1. The van der Waals surface area contributed by atoms with Crippen molar-refractivity contribution in [3.8, 4) is 0 Å². The van der Waals surface area contributed by atoms with Crippen molar-refractivity contribution in [3.63, 3.8) is 0 Å². The molecule has 0 unspecified atom stereocenters. The van der Waals surface area contributed by atoms with Gasteiger partial charge in [0.2, 0.25) is 0 Å². The van der Waals surface area contributed by atoms with Gasteiger partial charge in [0, 0.05) is 18.9 Å². The van der Waals surface area contributed by atoms with E-state index in [9.17, 15) is 13.6 Å². The molecule has 2 rings (SSSR count). The monoisotopic (exact) mass is 262 g/mol. The summed E-state index contributed by atoms with van der Waals surface area (Å²) in [6.45, 7) is 0.230. The predicted molar refractivity (Wildman–Crippen MR) is 66.6 cm³/mol. The summed E-state index contributed by atoms with van der Waals surface area (Å²) in [5.41, 5.74) is 0.675. The zero-order chi connectivity index (χ0) is 13.7. The molecule has 1 N–H and O–H groups in total. The third-order valence-corrected chi connectivity index (χ3v) is 2.61. The van der Waals surface area contributed by atoms with Gasteiger partial charge in [-0.25, -0.2) is 8.78 Å². The lowest BCUT2D eigenvalue weighted by atomic mass is 10.1. The number of rotatable bonds is 4. The third-order valence-electron chi connectivity index (χ3n) is 2.61. The maximum absolute atomic E-state index is 13.3. The molecule has 0 radical (unpaired) electrons. The SMILES string of the molecule is O=C(NCCc1cc(F)ccc1F)c1cccnc1. The molecule has 0 aliphatic rings. The number of aromatic nitrogens is 1. The maximum Gasteiger partial charge on any atom is 0.252 e. The van der Waals surface area contributed by atoms with Crippen LogP contribution < -0.4 is 5.32 Å². The maximum atomic E-state index is 13.3. The van der Waals surface area contributed by atoms with E-state index in [2.05, 4.69) is 10.3 Å². The van der Waals surface area contributed by atoms with E-state index in [4.69, 9.17) is 0 Å². The van der Waals surface area contributed by atoms with Crippen LogP contribution in [-0.4, -0.2) is 17.4 Å². The number of benzene rings is 1. The summed E-state index contributed by atoms with van der Waals surface area (Å²) < 4.78 is 26.3.